The van der Waals surface area contributed by atoms with Crippen LogP contribution >= 0.6 is 28.3 Å². The summed E-state index contributed by atoms with van der Waals surface area (Å²) in [6.45, 7) is 0. The molecule has 0 unspecified atom stereocenters. The number of phenols is 1. The van der Waals surface area contributed by atoms with E-state index in [0.717, 1.165) is 10.0 Å². The van der Waals surface area contributed by atoms with Crippen LogP contribution in [-0.2, 0) is 0 Å². The fraction of sp³-hybridized carbons (Fsp3) is 0.538. The molecule has 1 aromatic carbocycles. The van der Waals surface area contributed by atoms with E-state index in [1.165, 1.54) is 32.1 Å². The van der Waals surface area contributed by atoms with E-state index in [4.69, 9.17) is 5.73 Å². The summed E-state index contributed by atoms with van der Waals surface area (Å²) in [5, 5.41) is 9.84. The summed E-state index contributed by atoms with van der Waals surface area (Å²) in [5.74, 6) is 0.843. The molecule has 0 bridgehead atoms. The van der Waals surface area contributed by atoms with Crippen molar-refractivity contribution in [1.29, 1.82) is 0 Å². The first-order valence-electron chi connectivity index (χ1n) is 5.92. The molecule has 0 heterocycles. The van der Waals surface area contributed by atoms with Gasteiger partial charge >= 0.3 is 0 Å². The van der Waals surface area contributed by atoms with Crippen molar-refractivity contribution in [3.63, 3.8) is 0 Å². The molecule has 17 heavy (non-hydrogen) atoms. The Labute approximate surface area is 117 Å². The monoisotopic (exact) mass is 319 g/mol. The number of rotatable bonds is 2. The molecule has 0 radical (unpaired) electrons. The van der Waals surface area contributed by atoms with Gasteiger partial charge in [-0.3, -0.25) is 0 Å². The van der Waals surface area contributed by atoms with Crippen LogP contribution in [0.1, 0.15) is 43.7 Å². The Hall–Kier alpha value is -0.250. The Bertz CT molecular complexity index is 366. The van der Waals surface area contributed by atoms with Crippen LogP contribution in [0.25, 0.3) is 0 Å². The third-order valence-electron chi connectivity index (χ3n) is 3.51. The molecule has 2 rings (SSSR count). The Morgan fingerprint density at radius 2 is 1.88 bits per heavy atom. The summed E-state index contributed by atoms with van der Waals surface area (Å²) >= 11 is 3.42. The third kappa shape index (κ3) is 3.60. The van der Waals surface area contributed by atoms with Crippen LogP contribution in [0.4, 0.5) is 0 Å². The first-order valence-corrected chi connectivity index (χ1v) is 6.72. The molecular weight excluding hydrogens is 302 g/mol. The van der Waals surface area contributed by atoms with Crippen LogP contribution in [0.3, 0.4) is 0 Å². The van der Waals surface area contributed by atoms with Gasteiger partial charge in [0.05, 0.1) is 0 Å². The predicted octanol–water partition coefficient (Wildman–Crippen LogP) is 4.16. The van der Waals surface area contributed by atoms with Gasteiger partial charge in [0.25, 0.3) is 0 Å². The maximum Gasteiger partial charge on any atom is 0.120 e. The average Bonchev–Trinajstić information content (AvgIpc) is 2.32. The van der Waals surface area contributed by atoms with E-state index in [0.29, 0.717) is 11.7 Å². The quantitative estimate of drug-likeness (QED) is 0.859. The first kappa shape index (κ1) is 14.8. The summed E-state index contributed by atoms with van der Waals surface area (Å²) < 4.78 is 0.978. The molecule has 1 aromatic rings. The van der Waals surface area contributed by atoms with Gasteiger partial charge in [0.15, 0.2) is 0 Å². The van der Waals surface area contributed by atoms with Gasteiger partial charge in [-0.15, -0.1) is 12.4 Å². The lowest BCUT2D eigenvalue weighted by atomic mass is 9.81. The normalized spacial score (nSPS) is 18.5. The lowest BCUT2D eigenvalue weighted by Crippen LogP contribution is -2.23. The van der Waals surface area contributed by atoms with E-state index < -0.39 is 0 Å². The molecule has 1 aliphatic carbocycles. The lowest BCUT2D eigenvalue weighted by molar-refractivity contribution is 0.303. The summed E-state index contributed by atoms with van der Waals surface area (Å²) in [6.07, 6.45) is 6.24. The molecule has 0 spiro atoms. The minimum atomic E-state index is -0.0298. The van der Waals surface area contributed by atoms with Gasteiger partial charge in [-0.2, -0.15) is 0 Å². The number of hydrogen-bond acceptors (Lipinski definition) is 2. The van der Waals surface area contributed by atoms with E-state index in [9.17, 15) is 5.11 Å². The van der Waals surface area contributed by atoms with E-state index >= 15 is 0 Å². The number of nitrogens with two attached hydrogens (primary N) is 1. The second kappa shape index (κ2) is 6.62. The van der Waals surface area contributed by atoms with Crippen LogP contribution in [0.15, 0.2) is 22.7 Å². The highest BCUT2D eigenvalue weighted by Gasteiger charge is 2.23. The SMILES string of the molecule is Cl.N[C@@H](c1cc(Br)ccc1O)C1CCCCC1. The van der Waals surface area contributed by atoms with E-state index in [2.05, 4.69) is 15.9 Å². The van der Waals surface area contributed by atoms with Crippen molar-refractivity contribution in [3.8, 4) is 5.75 Å². The average molecular weight is 321 g/mol. The number of aromatic hydroxyl groups is 1. The van der Waals surface area contributed by atoms with Crippen molar-refractivity contribution >= 4 is 28.3 Å². The van der Waals surface area contributed by atoms with Crippen molar-refractivity contribution in [2.24, 2.45) is 11.7 Å². The highest BCUT2D eigenvalue weighted by Crippen LogP contribution is 2.36. The van der Waals surface area contributed by atoms with Crippen LogP contribution in [0.2, 0.25) is 0 Å². The van der Waals surface area contributed by atoms with Gasteiger partial charge in [0, 0.05) is 16.1 Å². The van der Waals surface area contributed by atoms with Gasteiger partial charge in [0.2, 0.25) is 0 Å². The van der Waals surface area contributed by atoms with E-state index in [-0.39, 0.29) is 18.4 Å². The number of benzene rings is 1. The van der Waals surface area contributed by atoms with Gasteiger partial charge in [0.1, 0.15) is 5.75 Å². The topological polar surface area (TPSA) is 46.2 Å². The molecular formula is C13H19BrClNO. The molecule has 96 valence electrons. The van der Waals surface area contributed by atoms with Gasteiger partial charge < -0.3 is 10.8 Å². The smallest absolute Gasteiger partial charge is 0.120 e. The minimum Gasteiger partial charge on any atom is -0.508 e. The Morgan fingerprint density at radius 3 is 2.53 bits per heavy atom. The summed E-state index contributed by atoms with van der Waals surface area (Å²) in [4.78, 5) is 0. The lowest BCUT2D eigenvalue weighted by Gasteiger charge is -2.28. The molecule has 2 nitrogen and oxygen atoms in total. The fourth-order valence-electron chi connectivity index (χ4n) is 2.54. The second-order valence-corrected chi connectivity index (χ2v) is 5.54. The fourth-order valence-corrected chi connectivity index (χ4v) is 2.92. The molecule has 1 atom stereocenters. The van der Waals surface area contributed by atoms with Gasteiger partial charge in [-0.05, 0) is 37.0 Å². The number of halogens is 2. The zero-order chi connectivity index (χ0) is 11.5. The Morgan fingerprint density at radius 1 is 1.24 bits per heavy atom. The molecule has 0 aliphatic heterocycles. The van der Waals surface area contributed by atoms with Crippen molar-refractivity contribution in [3.05, 3.63) is 28.2 Å². The third-order valence-corrected chi connectivity index (χ3v) is 4.00. The number of hydrogen-bond donors (Lipinski definition) is 2. The second-order valence-electron chi connectivity index (χ2n) is 4.63. The summed E-state index contributed by atoms with van der Waals surface area (Å²) in [7, 11) is 0. The van der Waals surface area contributed by atoms with Crippen LogP contribution < -0.4 is 5.73 Å². The molecule has 1 saturated carbocycles. The molecule has 3 N–H and O–H groups in total. The zero-order valence-corrected chi connectivity index (χ0v) is 12.1. The highest BCUT2D eigenvalue weighted by molar-refractivity contribution is 9.10. The Balaban J connectivity index is 0.00000144. The molecule has 0 amide bonds. The summed E-state index contributed by atoms with van der Waals surface area (Å²) in [6, 6.07) is 5.46. The number of phenolic OH excluding ortho intramolecular Hbond substituents is 1. The van der Waals surface area contributed by atoms with Gasteiger partial charge in [-0.1, -0.05) is 35.2 Å². The van der Waals surface area contributed by atoms with Crippen molar-refractivity contribution in [2.75, 3.05) is 0 Å². The van der Waals surface area contributed by atoms with Gasteiger partial charge in [-0.25, -0.2) is 0 Å². The molecule has 1 fully saturated rings. The molecule has 4 heteroatoms. The zero-order valence-electron chi connectivity index (χ0n) is 9.73. The summed E-state index contributed by atoms with van der Waals surface area (Å²) in [5.41, 5.74) is 7.13. The standard InChI is InChI=1S/C13H18BrNO.ClH/c14-10-6-7-12(16)11(8-10)13(15)9-4-2-1-3-5-9;/h6-9,13,16H,1-5,15H2;1H/t13-;/m1./s1. The Kier molecular flexibility index (Phi) is 5.77. The van der Waals surface area contributed by atoms with Crippen LogP contribution in [0, 0.1) is 5.92 Å². The predicted molar refractivity (Wildman–Crippen MR) is 76.6 cm³/mol. The molecule has 1 aliphatic rings. The molecule has 0 saturated heterocycles. The largest absolute Gasteiger partial charge is 0.508 e. The maximum atomic E-state index is 9.84. The van der Waals surface area contributed by atoms with Crippen molar-refractivity contribution in [2.45, 2.75) is 38.1 Å². The minimum absolute atomic E-state index is 0. The highest BCUT2D eigenvalue weighted by atomic mass is 79.9. The first-order chi connectivity index (χ1) is 7.68. The van der Waals surface area contributed by atoms with Crippen molar-refractivity contribution in [1.82, 2.24) is 0 Å². The van der Waals surface area contributed by atoms with Crippen LogP contribution in [0.5, 0.6) is 5.75 Å². The van der Waals surface area contributed by atoms with E-state index in [1.54, 1.807) is 6.07 Å². The van der Waals surface area contributed by atoms with E-state index in [1.807, 2.05) is 12.1 Å². The maximum absolute atomic E-state index is 9.84. The van der Waals surface area contributed by atoms with Crippen molar-refractivity contribution < 1.29 is 5.11 Å². The molecule has 0 aromatic heterocycles. The van der Waals surface area contributed by atoms with Crippen LogP contribution in [-0.4, -0.2) is 5.11 Å².